The van der Waals surface area contributed by atoms with Crippen LogP contribution in [-0.2, 0) is 12.0 Å². The molecule has 0 aliphatic rings. The molecule has 0 saturated carbocycles. The molecular formula is C17H22N2. The molecular weight excluding hydrogens is 232 g/mol. The largest absolute Gasteiger partial charge is 0.379 e. The predicted octanol–water partition coefficient (Wildman–Crippen LogP) is 4.30. The number of nitrogens with one attached hydrogen (secondary N) is 1. The smallest absolute Gasteiger partial charge is 0.0623 e. The van der Waals surface area contributed by atoms with Crippen molar-refractivity contribution < 1.29 is 0 Å². The zero-order valence-corrected chi connectivity index (χ0v) is 12.2. The van der Waals surface area contributed by atoms with Crippen LogP contribution in [0.5, 0.6) is 0 Å². The molecule has 1 aromatic heterocycles. The van der Waals surface area contributed by atoms with E-state index >= 15 is 0 Å². The summed E-state index contributed by atoms with van der Waals surface area (Å²) in [6, 6.07) is 12.6. The second kappa shape index (κ2) is 5.43. The second-order valence-corrected chi connectivity index (χ2v) is 5.92. The molecule has 0 atom stereocenters. The topological polar surface area (TPSA) is 24.9 Å². The predicted molar refractivity (Wildman–Crippen MR) is 81.4 cm³/mol. The molecule has 0 aliphatic heterocycles. The number of benzene rings is 1. The first kappa shape index (κ1) is 13.6. The molecule has 1 N–H and O–H groups in total. The second-order valence-electron chi connectivity index (χ2n) is 5.92. The minimum absolute atomic E-state index is 0.142. The van der Waals surface area contributed by atoms with Crippen LogP contribution in [0.15, 0.2) is 42.6 Å². The summed E-state index contributed by atoms with van der Waals surface area (Å²) < 4.78 is 0. The van der Waals surface area contributed by atoms with Crippen molar-refractivity contribution in [2.75, 3.05) is 5.32 Å². The van der Waals surface area contributed by atoms with E-state index in [1.54, 1.807) is 0 Å². The van der Waals surface area contributed by atoms with Gasteiger partial charge in [-0.2, -0.15) is 0 Å². The first-order valence-corrected chi connectivity index (χ1v) is 6.72. The van der Waals surface area contributed by atoms with Gasteiger partial charge < -0.3 is 5.32 Å². The summed E-state index contributed by atoms with van der Waals surface area (Å²) in [7, 11) is 0. The molecule has 0 fully saturated rings. The van der Waals surface area contributed by atoms with Crippen LogP contribution in [-0.4, -0.2) is 4.98 Å². The molecule has 2 nitrogen and oxygen atoms in total. The number of rotatable bonds is 3. The molecule has 1 aromatic carbocycles. The Balaban J connectivity index is 2.19. The Bertz CT molecular complexity index is 553. The van der Waals surface area contributed by atoms with Gasteiger partial charge in [0.05, 0.1) is 12.2 Å². The van der Waals surface area contributed by atoms with Crippen molar-refractivity contribution in [3.05, 3.63) is 59.4 Å². The van der Waals surface area contributed by atoms with Gasteiger partial charge in [0.15, 0.2) is 0 Å². The van der Waals surface area contributed by atoms with E-state index in [2.05, 4.69) is 68.3 Å². The summed E-state index contributed by atoms with van der Waals surface area (Å²) in [6.45, 7) is 9.57. The first-order valence-electron chi connectivity index (χ1n) is 6.72. The van der Waals surface area contributed by atoms with E-state index in [4.69, 9.17) is 0 Å². The quantitative estimate of drug-likeness (QED) is 0.883. The van der Waals surface area contributed by atoms with Crippen molar-refractivity contribution in [3.8, 4) is 0 Å². The van der Waals surface area contributed by atoms with Gasteiger partial charge in [-0.15, -0.1) is 0 Å². The van der Waals surface area contributed by atoms with Gasteiger partial charge in [-0.1, -0.05) is 45.0 Å². The number of hydrogen-bond donors (Lipinski definition) is 1. The van der Waals surface area contributed by atoms with Crippen LogP contribution in [0.2, 0.25) is 0 Å². The van der Waals surface area contributed by atoms with E-state index in [-0.39, 0.29) is 5.41 Å². The van der Waals surface area contributed by atoms with E-state index < -0.39 is 0 Å². The van der Waals surface area contributed by atoms with Crippen molar-refractivity contribution in [1.29, 1.82) is 0 Å². The number of anilines is 1. The highest BCUT2D eigenvalue weighted by Crippen LogP contribution is 2.29. The highest BCUT2D eigenvalue weighted by atomic mass is 14.9. The fourth-order valence-corrected chi connectivity index (χ4v) is 2.17. The van der Waals surface area contributed by atoms with Gasteiger partial charge in [0, 0.05) is 11.9 Å². The minimum Gasteiger partial charge on any atom is -0.379 e. The van der Waals surface area contributed by atoms with Crippen molar-refractivity contribution in [2.45, 2.75) is 39.7 Å². The Morgan fingerprint density at radius 2 is 1.79 bits per heavy atom. The number of aryl methyl sites for hydroxylation is 1. The number of hydrogen-bond acceptors (Lipinski definition) is 2. The minimum atomic E-state index is 0.142. The number of pyridine rings is 1. The van der Waals surface area contributed by atoms with E-state index in [1.807, 2.05) is 12.3 Å². The van der Waals surface area contributed by atoms with Crippen molar-refractivity contribution in [3.63, 3.8) is 0 Å². The third-order valence-electron chi connectivity index (χ3n) is 3.30. The lowest BCUT2D eigenvalue weighted by Gasteiger charge is -2.23. The number of para-hydroxylation sites is 1. The standard InChI is InChI=1S/C17H22N2/c1-13-8-7-11-18-16(13)12-19-15-10-6-5-9-14(15)17(2,3)4/h5-11,19H,12H2,1-4H3. The summed E-state index contributed by atoms with van der Waals surface area (Å²) in [4.78, 5) is 4.42. The van der Waals surface area contributed by atoms with Crippen LogP contribution in [0.4, 0.5) is 5.69 Å². The van der Waals surface area contributed by atoms with E-state index in [0.717, 1.165) is 12.2 Å². The summed E-state index contributed by atoms with van der Waals surface area (Å²) in [5.41, 5.74) is 5.00. The van der Waals surface area contributed by atoms with Gasteiger partial charge in [-0.05, 0) is 35.6 Å². The molecule has 0 amide bonds. The number of nitrogens with zero attached hydrogens (tertiary/aromatic N) is 1. The van der Waals surface area contributed by atoms with Gasteiger partial charge in [-0.25, -0.2) is 0 Å². The van der Waals surface area contributed by atoms with Crippen molar-refractivity contribution in [2.24, 2.45) is 0 Å². The Kier molecular flexibility index (Phi) is 3.89. The zero-order valence-electron chi connectivity index (χ0n) is 12.2. The zero-order chi connectivity index (χ0) is 13.9. The van der Waals surface area contributed by atoms with Gasteiger partial charge in [0.1, 0.15) is 0 Å². The molecule has 2 rings (SSSR count). The third kappa shape index (κ3) is 3.34. The highest BCUT2D eigenvalue weighted by Gasteiger charge is 2.17. The Morgan fingerprint density at radius 3 is 2.47 bits per heavy atom. The Hall–Kier alpha value is -1.83. The maximum Gasteiger partial charge on any atom is 0.0623 e. The Labute approximate surface area is 115 Å². The van der Waals surface area contributed by atoms with Crippen molar-refractivity contribution in [1.82, 2.24) is 4.98 Å². The monoisotopic (exact) mass is 254 g/mol. The molecule has 1 heterocycles. The lowest BCUT2D eigenvalue weighted by molar-refractivity contribution is 0.591. The molecule has 2 heteroatoms. The Morgan fingerprint density at radius 1 is 1.05 bits per heavy atom. The van der Waals surface area contributed by atoms with E-state index in [9.17, 15) is 0 Å². The maximum absolute atomic E-state index is 4.42. The molecule has 0 bridgehead atoms. The molecule has 0 unspecified atom stereocenters. The molecule has 0 spiro atoms. The van der Waals surface area contributed by atoms with Crippen LogP contribution < -0.4 is 5.32 Å². The van der Waals surface area contributed by atoms with Crippen LogP contribution in [0, 0.1) is 6.92 Å². The first-order chi connectivity index (χ1) is 8.98. The molecule has 0 aliphatic carbocycles. The summed E-state index contributed by atoms with van der Waals surface area (Å²) in [6.07, 6.45) is 1.85. The summed E-state index contributed by atoms with van der Waals surface area (Å²) >= 11 is 0. The molecule has 100 valence electrons. The van der Waals surface area contributed by atoms with Crippen LogP contribution in [0.25, 0.3) is 0 Å². The van der Waals surface area contributed by atoms with E-state index in [1.165, 1.54) is 16.8 Å². The van der Waals surface area contributed by atoms with Gasteiger partial charge >= 0.3 is 0 Å². The van der Waals surface area contributed by atoms with Crippen LogP contribution in [0.3, 0.4) is 0 Å². The average Bonchev–Trinajstić information content (AvgIpc) is 2.37. The lowest BCUT2D eigenvalue weighted by atomic mass is 9.86. The maximum atomic E-state index is 4.42. The van der Waals surface area contributed by atoms with Crippen molar-refractivity contribution >= 4 is 5.69 Å². The summed E-state index contributed by atoms with van der Waals surface area (Å²) in [5.74, 6) is 0. The molecule has 0 saturated heterocycles. The normalized spacial score (nSPS) is 11.4. The van der Waals surface area contributed by atoms with Gasteiger partial charge in [0.25, 0.3) is 0 Å². The molecule has 2 aromatic rings. The average molecular weight is 254 g/mol. The molecule has 0 radical (unpaired) electrons. The summed E-state index contributed by atoms with van der Waals surface area (Å²) in [5, 5.41) is 3.51. The van der Waals surface area contributed by atoms with Gasteiger partial charge in [0.2, 0.25) is 0 Å². The van der Waals surface area contributed by atoms with Crippen LogP contribution >= 0.6 is 0 Å². The molecule has 19 heavy (non-hydrogen) atoms. The van der Waals surface area contributed by atoms with E-state index in [0.29, 0.717) is 0 Å². The highest BCUT2D eigenvalue weighted by molar-refractivity contribution is 5.54. The third-order valence-corrected chi connectivity index (χ3v) is 3.30. The fraction of sp³-hybridized carbons (Fsp3) is 0.353. The lowest BCUT2D eigenvalue weighted by Crippen LogP contribution is -2.15. The number of aromatic nitrogens is 1. The SMILES string of the molecule is Cc1cccnc1CNc1ccccc1C(C)(C)C. The fourth-order valence-electron chi connectivity index (χ4n) is 2.17. The van der Waals surface area contributed by atoms with Crippen LogP contribution in [0.1, 0.15) is 37.6 Å². The van der Waals surface area contributed by atoms with Gasteiger partial charge in [-0.3, -0.25) is 4.98 Å².